The van der Waals surface area contributed by atoms with Crippen molar-refractivity contribution in [2.75, 3.05) is 26.2 Å². The molecule has 0 atom stereocenters. The molecule has 2 aromatic carbocycles. The standard InChI is InChI=1S/C20H27N3O3S/c1-2-23-13-10-18(11-14-23)22-20(24)9-12-21-27(25,26)19-8-7-16-5-3-4-6-17(16)15-19/h3-8,15,18,21H,2,9-14H2,1H3,(H,22,24)/p+1. The highest BCUT2D eigenvalue weighted by Gasteiger charge is 2.22. The molecule has 1 fully saturated rings. The summed E-state index contributed by atoms with van der Waals surface area (Å²) in [5.41, 5.74) is 0. The van der Waals surface area contributed by atoms with Gasteiger partial charge in [0.1, 0.15) is 0 Å². The van der Waals surface area contributed by atoms with Crippen molar-refractivity contribution in [2.45, 2.75) is 37.1 Å². The van der Waals surface area contributed by atoms with E-state index in [9.17, 15) is 13.2 Å². The minimum Gasteiger partial charge on any atom is -0.353 e. The number of quaternary nitrogens is 1. The van der Waals surface area contributed by atoms with Crippen LogP contribution in [0.5, 0.6) is 0 Å². The van der Waals surface area contributed by atoms with E-state index in [0.717, 1.165) is 43.2 Å². The molecule has 146 valence electrons. The third-order valence-corrected chi connectivity index (χ3v) is 6.69. The minimum atomic E-state index is -3.62. The van der Waals surface area contributed by atoms with Crippen molar-refractivity contribution in [3.05, 3.63) is 42.5 Å². The van der Waals surface area contributed by atoms with Crippen molar-refractivity contribution >= 4 is 26.7 Å². The molecule has 7 heteroatoms. The molecule has 6 nitrogen and oxygen atoms in total. The Morgan fingerprint density at radius 3 is 2.52 bits per heavy atom. The van der Waals surface area contributed by atoms with Crippen LogP contribution < -0.4 is 14.9 Å². The highest BCUT2D eigenvalue weighted by molar-refractivity contribution is 7.89. The number of likely N-dealkylation sites (tertiary alicyclic amines) is 1. The van der Waals surface area contributed by atoms with Gasteiger partial charge in [0.05, 0.1) is 24.5 Å². The second-order valence-electron chi connectivity index (χ2n) is 7.10. The third kappa shape index (κ3) is 5.28. The number of rotatable bonds is 7. The number of piperidine rings is 1. The lowest BCUT2D eigenvalue weighted by atomic mass is 10.1. The lowest BCUT2D eigenvalue weighted by molar-refractivity contribution is -0.903. The van der Waals surface area contributed by atoms with Gasteiger partial charge in [-0.3, -0.25) is 4.79 Å². The summed E-state index contributed by atoms with van der Waals surface area (Å²) in [5, 5.41) is 4.89. The van der Waals surface area contributed by atoms with E-state index in [1.807, 2.05) is 24.3 Å². The Kier molecular flexibility index (Phi) is 6.46. The summed E-state index contributed by atoms with van der Waals surface area (Å²) in [4.78, 5) is 13.9. The van der Waals surface area contributed by atoms with Crippen molar-refractivity contribution in [3.8, 4) is 0 Å². The molecule has 3 rings (SSSR count). The topological polar surface area (TPSA) is 79.7 Å². The molecule has 3 N–H and O–H groups in total. The number of fused-ring (bicyclic) bond motifs is 1. The molecule has 2 aromatic rings. The maximum atomic E-state index is 12.5. The largest absolute Gasteiger partial charge is 0.353 e. The Hall–Kier alpha value is -1.96. The lowest BCUT2D eigenvalue weighted by Gasteiger charge is -2.28. The van der Waals surface area contributed by atoms with Gasteiger partial charge < -0.3 is 10.2 Å². The highest BCUT2D eigenvalue weighted by Crippen LogP contribution is 2.18. The van der Waals surface area contributed by atoms with Crippen molar-refractivity contribution in [3.63, 3.8) is 0 Å². The van der Waals surface area contributed by atoms with Gasteiger partial charge in [-0.2, -0.15) is 0 Å². The maximum Gasteiger partial charge on any atom is 0.240 e. The summed E-state index contributed by atoms with van der Waals surface area (Å²) in [7, 11) is -3.62. The molecule has 1 aliphatic heterocycles. The van der Waals surface area contributed by atoms with Crippen molar-refractivity contribution < 1.29 is 18.1 Å². The molecule has 1 amide bonds. The average molecular weight is 391 g/mol. The zero-order valence-corrected chi connectivity index (χ0v) is 16.5. The van der Waals surface area contributed by atoms with Crippen molar-refractivity contribution in [1.29, 1.82) is 0 Å². The van der Waals surface area contributed by atoms with Gasteiger partial charge in [-0.25, -0.2) is 13.1 Å². The fourth-order valence-corrected chi connectivity index (χ4v) is 4.61. The average Bonchev–Trinajstić information content (AvgIpc) is 2.68. The van der Waals surface area contributed by atoms with Gasteiger partial charge in [0, 0.05) is 31.8 Å². The Bertz CT molecular complexity index is 890. The molecule has 0 radical (unpaired) electrons. The number of sulfonamides is 1. The molecule has 1 saturated heterocycles. The number of hydrogen-bond acceptors (Lipinski definition) is 3. The van der Waals surface area contributed by atoms with E-state index in [-0.39, 0.29) is 29.8 Å². The van der Waals surface area contributed by atoms with E-state index < -0.39 is 10.0 Å². The number of amides is 1. The Labute approximate surface area is 161 Å². The minimum absolute atomic E-state index is 0.0961. The van der Waals surface area contributed by atoms with E-state index in [0.29, 0.717) is 0 Å². The smallest absolute Gasteiger partial charge is 0.240 e. The van der Waals surface area contributed by atoms with E-state index in [2.05, 4.69) is 17.0 Å². The van der Waals surface area contributed by atoms with Crippen LogP contribution in [-0.2, 0) is 14.8 Å². The van der Waals surface area contributed by atoms with Crippen LogP contribution in [-0.4, -0.2) is 46.5 Å². The predicted octanol–water partition coefficient (Wildman–Crippen LogP) is 0.692. The number of benzene rings is 2. The second-order valence-corrected chi connectivity index (χ2v) is 8.87. The Balaban J connectivity index is 1.49. The number of carbonyl (C=O) groups is 1. The molecule has 0 bridgehead atoms. The molecule has 1 heterocycles. The van der Waals surface area contributed by atoms with Crippen LogP contribution in [0.4, 0.5) is 0 Å². The number of nitrogens with one attached hydrogen (secondary N) is 3. The third-order valence-electron chi connectivity index (χ3n) is 5.23. The summed E-state index contributed by atoms with van der Waals surface area (Å²) >= 11 is 0. The molecule has 27 heavy (non-hydrogen) atoms. The van der Waals surface area contributed by atoms with E-state index in [4.69, 9.17) is 0 Å². The van der Waals surface area contributed by atoms with Gasteiger partial charge in [-0.1, -0.05) is 30.3 Å². The first-order chi connectivity index (χ1) is 13.0. The van der Waals surface area contributed by atoms with E-state index in [1.165, 1.54) is 0 Å². The van der Waals surface area contributed by atoms with Crippen LogP contribution in [0.3, 0.4) is 0 Å². The summed E-state index contributed by atoms with van der Waals surface area (Å²) in [5.74, 6) is -0.0961. The van der Waals surface area contributed by atoms with E-state index >= 15 is 0 Å². The van der Waals surface area contributed by atoms with E-state index in [1.54, 1.807) is 23.1 Å². The van der Waals surface area contributed by atoms with Gasteiger partial charge in [0.2, 0.25) is 15.9 Å². The maximum absolute atomic E-state index is 12.5. The number of hydrogen-bond donors (Lipinski definition) is 3. The molecular weight excluding hydrogens is 362 g/mol. The van der Waals surface area contributed by atoms with Gasteiger partial charge in [-0.05, 0) is 29.8 Å². The molecule has 0 aliphatic carbocycles. The Morgan fingerprint density at radius 1 is 1.11 bits per heavy atom. The molecule has 0 unspecified atom stereocenters. The number of carbonyl (C=O) groups excluding carboxylic acids is 1. The first-order valence-electron chi connectivity index (χ1n) is 9.59. The lowest BCUT2D eigenvalue weighted by Crippen LogP contribution is -3.13. The predicted molar refractivity (Wildman–Crippen MR) is 106 cm³/mol. The first-order valence-corrected chi connectivity index (χ1v) is 11.1. The zero-order valence-electron chi connectivity index (χ0n) is 15.7. The van der Waals surface area contributed by atoms with Crippen LogP contribution in [0.15, 0.2) is 47.4 Å². The van der Waals surface area contributed by atoms with Crippen molar-refractivity contribution in [2.24, 2.45) is 0 Å². The summed E-state index contributed by atoms with van der Waals surface area (Å²) in [6.07, 6.45) is 2.11. The van der Waals surface area contributed by atoms with Crippen molar-refractivity contribution in [1.82, 2.24) is 10.0 Å². The molecule has 0 saturated carbocycles. The van der Waals surface area contributed by atoms with Crippen LogP contribution in [0, 0.1) is 0 Å². The van der Waals surface area contributed by atoms with Gasteiger partial charge >= 0.3 is 0 Å². The summed E-state index contributed by atoms with van der Waals surface area (Å²) < 4.78 is 27.5. The summed E-state index contributed by atoms with van der Waals surface area (Å²) in [6.45, 7) is 5.55. The molecular formula is C20H28N3O3S+. The Morgan fingerprint density at radius 2 is 1.81 bits per heavy atom. The second kappa shape index (κ2) is 8.82. The molecule has 0 aromatic heterocycles. The monoisotopic (exact) mass is 390 g/mol. The highest BCUT2D eigenvalue weighted by atomic mass is 32.2. The van der Waals surface area contributed by atoms with Crippen LogP contribution in [0.25, 0.3) is 10.8 Å². The van der Waals surface area contributed by atoms with Crippen LogP contribution >= 0.6 is 0 Å². The van der Waals surface area contributed by atoms with Crippen LogP contribution in [0.1, 0.15) is 26.2 Å². The molecule has 1 aliphatic rings. The van der Waals surface area contributed by atoms with Gasteiger partial charge in [-0.15, -0.1) is 0 Å². The zero-order chi connectivity index (χ0) is 19.3. The SMILES string of the molecule is CC[NH+]1CCC(NC(=O)CCNS(=O)(=O)c2ccc3ccccc3c2)CC1. The summed E-state index contributed by atoms with van der Waals surface area (Å²) in [6, 6.07) is 12.9. The normalized spacial score (nSPS) is 20.5. The van der Waals surface area contributed by atoms with Gasteiger partial charge in [0.25, 0.3) is 0 Å². The quantitative estimate of drug-likeness (QED) is 0.651. The van der Waals surface area contributed by atoms with Gasteiger partial charge in [0.15, 0.2) is 0 Å². The first kappa shape index (κ1) is 19.8. The molecule has 0 spiro atoms. The fraction of sp³-hybridized carbons (Fsp3) is 0.450. The fourth-order valence-electron chi connectivity index (χ4n) is 3.54. The van der Waals surface area contributed by atoms with Crippen LogP contribution in [0.2, 0.25) is 0 Å².